The summed E-state index contributed by atoms with van der Waals surface area (Å²) >= 11 is 0. The molecule has 234 valence electrons. The maximum atomic E-state index is 13.0. The van der Waals surface area contributed by atoms with E-state index in [1.54, 1.807) is 24.3 Å². The number of hydrogen-bond acceptors (Lipinski definition) is 9. The number of ether oxygens (including phenoxy) is 4. The predicted molar refractivity (Wildman–Crippen MR) is 165 cm³/mol. The molecule has 0 aliphatic carbocycles. The predicted octanol–water partition coefficient (Wildman–Crippen LogP) is 5.75. The molecular formula is C33H36O9S2. The van der Waals surface area contributed by atoms with E-state index in [1.165, 1.54) is 72.8 Å². The molecule has 0 saturated carbocycles. The van der Waals surface area contributed by atoms with E-state index in [4.69, 9.17) is 18.9 Å². The first-order valence-corrected chi connectivity index (χ1v) is 17.0. The van der Waals surface area contributed by atoms with Gasteiger partial charge in [-0.2, -0.15) is 0 Å². The third kappa shape index (κ3) is 8.52. The Kier molecular flexibility index (Phi) is 10.6. The monoisotopic (exact) mass is 640 g/mol. The smallest absolute Gasteiger partial charge is 0.206 e. The standard InChI is InChI=1S/C33H36O9S2/c1-23(2)41-28-9-17-32(18-10-28)43(35,36)30-13-5-26(6-14-30)39-21-25(34)22-40-27-7-15-31(16-8-27)44(37,38)33-19-11-29(12-20-33)42-24(3)4/h5-20,23-25,34H,21-22H2,1-4H3. The van der Waals surface area contributed by atoms with E-state index in [9.17, 15) is 21.9 Å². The molecule has 9 nitrogen and oxygen atoms in total. The highest BCUT2D eigenvalue weighted by Gasteiger charge is 2.19. The summed E-state index contributed by atoms with van der Waals surface area (Å²) in [5.41, 5.74) is 0. The van der Waals surface area contributed by atoms with Gasteiger partial charge in [0.25, 0.3) is 0 Å². The van der Waals surface area contributed by atoms with Crippen LogP contribution in [0.2, 0.25) is 0 Å². The topological polar surface area (TPSA) is 125 Å². The Morgan fingerprint density at radius 2 is 0.727 bits per heavy atom. The Labute approximate surface area is 258 Å². The van der Waals surface area contributed by atoms with E-state index < -0.39 is 25.8 Å². The zero-order chi connectivity index (χ0) is 31.9. The number of rotatable bonds is 14. The van der Waals surface area contributed by atoms with Crippen LogP contribution in [-0.2, 0) is 19.7 Å². The molecule has 0 unspecified atom stereocenters. The zero-order valence-electron chi connectivity index (χ0n) is 24.9. The molecule has 0 fully saturated rings. The third-order valence-electron chi connectivity index (χ3n) is 6.16. The van der Waals surface area contributed by atoms with Gasteiger partial charge >= 0.3 is 0 Å². The van der Waals surface area contributed by atoms with E-state index in [-0.39, 0.29) is 45.0 Å². The molecule has 0 aromatic heterocycles. The molecule has 0 bridgehead atoms. The second-order valence-corrected chi connectivity index (χ2v) is 14.4. The first-order valence-electron chi connectivity index (χ1n) is 14.0. The quantitative estimate of drug-likeness (QED) is 0.184. The summed E-state index contributed by atoms with van der Waals surface area (Å²) in [7, 11) is -7.46. The fraction of sp³-hybridized carbons (Fsp3) is 0.273. The van der Waals surface area contributed by atoms with Crippen molar-refractivity contribution in [2.24, 2.45) is 0 Å². The Bertz CT molecular complexity index is 1580. The van der Waals surface area contributed by atoms with Crippen LogP contribution in [0.3, 0.4) is 0 Å². The lowest BCUT2D eigenvalue weighted by molar-refractivity contribution is 0.0626. The fourth-order valence-corrected chi connectivity index (χ4v) is 6.60. The Morgan fingerprint density at radius 3 is 0.977 bits per heavy atom. The highest BCUT2D eigenvalue weighted by Crippen LogP contribution is 2.27. The van der Waals surface area contributed by atoms with Gasteiger partial charge in [-0.3, -0.25) is 0 Å². The van der Waals surface area contributed by atoms with Crippen molar-refractivity contribution in [1.29, 1.82) is 0 Å². The van der Waals surface area contributed by atoms with Gasteiger partial charge < -0.3 is 24.1 Å². The number of hydrogen-bond donors (Lipinski definition) is 1. The largest absolute Gasteiger partial charge is 0.491 e. The van der Waals surface area contributed by atoms with Crippen LogP contribution in [0.15, 0.2) is 117 Å². The van der Waals surface area contributed by atoms with E-state index in [0.717, 1.165) is 0 Å². The molecule has 11 heteroatoms. The lowest BCUT2D eigenvalue weighted by Crippen LogP contribution is -2.25. The minimum atomic E-state index is -3.73. The molecule has 0 radical (unpaired) electrons. The molecule has 4 aromatic rings. The fourth-order valence-electron chi connectivity index (χ4n) is 4.07. The van der Waals surface area contributed by atoms with Gasteiger partial charge in [0.2, 0.25) is 19.7 Å². The highest BCUT2D eigenvalue weighted by molar-refractivity contribution is 7.91. The van der Waals surface area contributed by atoms with Gasteiger partial charge in [-0.15, -0.1) is 0 Å². The summed E-state index contributed by atoms with van der Waals surface area (Å²) in [6, 6.07) is 24.3. The second-order valence-electron chi connectivity index (χ2n) is 10.5. The van der Waals surface area contributed by atoms with Gasteiger partial charge in [0.15, 0.2) is 0 Å². The number of benzene rings is 4. The summed E-state index contributed by atoms with van der Waals surface area (Å²) in [5.74, 6) is 1.93. The maximum absolute atomic E-state index is 13.0. The van der Waals surface area contributed by atoms with Crippen LogP contribution in [-0.4, -0.2) is 53.5 Å². The summed E-state index contributed by atoms with van der Waals surface area (Å²) in [5, 5.41) is 10.3. The van der Waals surface area contributed by atoms with Crippen molar-refractivity contribution in [3.63, 3.8) is 0 Å². The summed E-state index contributed by atoms with van der Waals surface area (Å²) in [6.45, 7) is 7.35. The first-order chi connectivity index (χ1) is 20.8. The van der Waals surface area contributed by atoms with Gasteiger partial charge in [0.1, 0.15) is 42.3 Å². The third-order valence-corrected chi connectivity index (χ3v) is 9.74. The van der Waals surface area contributed by atoms with Crippen molar-refractivity contribution in [3.8, 4) is 23.0 Å². The molecule has 0 spiro atoms. The van der Waals surface area contributed by atoms with Crippen LogP contribution in [0.25, 0.3) is 0 Å². The minimum absolute atomic E-state index is 0.0202. The maximum Gasteiger partial charge on any atom is 0.206 e. The average Bonchev–Trinajstić information content (AvgIpc) is 2.99. The van der Waals surface area contributed by atoms with Gasteiger partial charge in [0, 0.05) is 0 Å². The summed E-state index contributed by atoms with van der Waals surface area (Å²) < 4.78 is 74.3. The second kappa shape index (κ2) is 14.1. The Hall–Kier alpha value is -4.06. The Balaban J connectivity index is 1.27. The minimum Gasteiger partial charge on any atom is -0.491 e. The van der Waals surface area contributed by atoms with Gasteiger partial charge in [-0.1, -0.05) is 0 Å². The van der Waals surface area contributed by atoms with Crippen LogP contribution in [0.5, 0.6) is 23.0 Å². The lowest BCUT2D eigenvalue weighted by atomic mass is 10.3. The van der Waals surface area contributed by atoms with Crippen molar-refractivity contribution >= 4 is 19.7 Å². The van der Waals surface area contributed by atoms with E-state index >= 15 is 0 Å². The molecule has 0 aliphatic heterocycles. The Morgan fingerprint density at radius 1 is 0.477 bits per heavy atom. The summed E-state index contributed by atoms with van der Waals surface area (Å²) in [6.07, 6.45) is -1.04. The van der Waals surface area contributed by atoms with Crippen LogP contribution in [0.4, 0.5) is 0 Å². The van der Waals surface area contributed by atoms with Crippen molar-refractivity contribution in [2.45, 2.75) is 65.6 Å². The van der Waals surface area contributed by atoms with Gasteiger partial charge in [-0.05, 0) is 125 Å². The molecule has 0 amide bonds. The number of aliphatic hydroxyl groups excluding tert-OH is 1. The van der Waals surface area contributed by atoms with Crippen molar-refractivity contribution < 1.29 is 40.9 Å². The lowest BCUT2D eigenvalue weighted by Gasteiger charge is -2.14. The SMILES string of the molecule is CC(C)Oc1ccc(S(=O)(=O)c2ccc(OCC(O)COc3ccc(S(=O)(=O)c4ccc(OC(C)C)cc4)cc3)cc2)cc1. The highest BCUT2D eigenvalue weighted by atomic mass is 32.2. The van der Waals surface area contributed by atoms with Crippen LogP contribution < -0.4 is 18.9 Å². The van der Waals surface area contributed by atoms with Crippen LogP contribution in [0.1, 0.15) is 27.7 Å². The van der Waals surface area contributed by atoms with E-state index in [0.29, 0.717) is 23.0 Å². The van der Waals surface area contributed by atoms with Crippen molar-refractivity contribution in [1.82, 2.24) is 0 Å². The molecule has 0 atom stereocenters. The van der Waals surface area contributed by atoms with Gasteiger partial charge in [-0.25, -0.2) is 16.8 Å². The van der Waals surface area contributed by atoms with Crippen molar-refractivity contribution in [3.05, 3.63) is 97.1 Å². The molecular weight excluding hydrogens is 604 g/mol. The molecule has 44 heavy (non-hydrogen) atoms. The van der Waals surface area contributed by atoms with Crippen molar-refractivity contribution in [2.75, 3.05) is 13.2 Å². The molecule has 0 saturated heterocycles. The molecule has 4 rings (SSSR count). The van der Waals surface area contributed by atoms with Crippen LogP contribution >= 0.6 is 0 Å². The van der Waals surface area contributed by atoms with Crippen LogP contribution in [0, 0.1) is 0 Å². The normalized spacial score (nSPS) is 12.0. The van der Waals surface area contributed by atoms with E-state index in [1.807, 2.05) is 27.7 Å². The van der Waals surface area contributed by atoms with Gasteiger partial charge in [0.05, 0.1) is 31.8 Å². The number of sulfone groups is 2. The average molecular weight is 641 g/mol. The number of aliphatic hydroxyl groups is 1. The summed E-state index contributed by atoms with van der Waals surface area (Å²) in [4.78, 5) is 0.500. The molecule has 4 aromatic carbocycles. The van der Waals surface area contributed by atoms with E-state index in [2.05, 4.69) is 0 Å². The molecule has 0 aliphatic rings. The first kappa shape index (κ1) is 32.8. The zero-order valence-corrected chi connectivity index (χ0v) is 26.5. The molecule has 1 N–H and O–H groups in total. The molecule has 0 heterocycles.